The maximum absolute atomic E-state index is 11.2. The van der Waals surface area contributed by atoms with Crippen molar-refractivity contribution in [3.63, 3.8) is 0 Å². The Bertz CT molecular complexity index is 416. The number of nitrogens with zero attached hydrogens (tertiary/aromatic N) is 1. The predicted octanol–water partition coefficient (Wildman–Crippen LogP) is 1.48. The van der Waals surface area contributed by atoms with E-state index in [0.29, 0.717) is 13.2 Å². The van der Waals surface area contributed by atoms with Gasteiger partial charge in [-0.3, -0.25) is 4.79 Å². The van der Waals surface area contributed by atoms with Crippen molar-refractivity contribution in [2.75, 3.05) is 24.7 Å². The first-order valence-electron chi connectivity index (χ1n) is 6.22. The Morgan fingerprint density at radius 3 is 2.67 bits per heavy atom. The largest absolute Gasteiger partial charge is 0.394 e. The van der Waals surface area contributed by atoms with Gasteiger partial charge in [-0.15, -0.1) is 0 Å². The molecule has 1 aliphatic heterocycles. The molecule has 2 atom stereocenters. The lowest BCUT2D eigenvalue weighted by Gasteiger charge is -2.39. The highest BCUT2D eigenvalue weighted by Gasteiger charge is 2.25. The van der Waals surface area contributed by atoms with Crippen LogP contribution in [0.3, 0.4) is 0 Å². The Morgan fingerprint density at radius 2 is 2.11 bits per heavy atom. The lowest BCUT2D eigenvalue weighted by atomic mass is 10.1. The second-order valence-electron chi connectivity index (χ2n) is 4.74. The summed E-state index contributed by atoms with van der Waals surface area (Å²) in [6.07, 6.45) is -0.131. The normalized spacial score (nSPS) is 24.1. The zero-order chi connectivity index (χ0) is 13.1. The molecule has 1 saturated heterocycles. The molecule has 0 radical (unpaired) electrons. The Kier molecular flexibility index (Phi) is 3.99. The van der Waals surface area contributed by atoms with E-state index in [1.54, 1.807) is 6.92 Å². The van der Waals surface area contributed by atoms with E-state index in [1.165, 1.54) is 0 Å². The van der Waals surface area contributed by atoms with Gasteiger partial charge in [-0.1, -0.05) is 0 Å². The zero-order valence-electron chi connectivity index (χ0n) is 10.8. The van der Waals surface area contributed by atoms with E-state index >= 15 is 0 Å². The van der Waals surface area contributed by atoms with Crippen LogP contribution in [0.15, 0.2) is 24.3 Å². The van der Waals surface area contributed by atoms with Gasteiger partial charge in [0.05, 0.1) is 19.3 Å². The fourth-order valence-electron chi connectivity index (χ4n) is 2.18. The highest BCUT2D eigenvalue weighted by atomic mass is 16.5. The van der Waals surface area contributed by atoms with E-state index < -0.39 is 0 Å². The highest BCUT2D eigenvalue weighted by Crippen LogP contribution is 2.22. The van der Waals surface area contributed by atoms with Gasteiger partial charge in [0.25, 0.3) is 0 Å². The van der Waals surface area contributed by atoms with Crippen LogP contribution >= 0.6 is 0 Å². The fourth-order valence-corrected chi connectivity index (χ4v) is 2.18. The van der Waals surface area contributed by atoms with E-state index in [0.717, 1.165) is 11.3 Å². The molecule has 1 heterocycles. The lowest BCUT2D eigenvalue weighted by molar-refractivity contribution is -0.0103. The molecule has 1 N–H and O–H groups in total. The van der Waals surface area contributed by atoms with Crippen molar-refractivity contribution in [3.05, 3.63) is 29.8 Å². The summed E-state index contributed by atoms with van der Waals surface area (Å²) in [6, 6.07) is 7.86. The standard InChI is InChI=1S/C14H19NO3/c1-10-9-18-14(8-16)7-15(10)13-5-3-12(4-6-13)11(2)17/h3-6,10,14,16H,7-9H2,1-2H3. The van der Waals surface area contributed by atoms with E-state index in [4.69, 9.17) is 9.84 Å². The van der Waals surface area contributed by atoms with Gasteiger partial charge >= 0.3 is 0 Å². The average Bonchev–Trinajstić information content (AvgIpc) is 2.39. The molecule has 1 aromatic rings. The number of anilines is 1. The van der Waals surface area contributed by atoms with Crippen molar-refractivity contribution in [2.24, 2.45) is 0 Å². The molecule has 2 unspecified atom stereocenters. The van der Waals surface area contributed by atoms with Crippen LogP contribution in [0.2, 0.25) is 0 Å². The molecule has 0 saturated carbocycles. The molecule has 0 aliphatic carbocycles. The van der Waals surface area contributed by atoms with E-state index in [2.05, 4.69) is 11.8 Å². The summed E-state index contributed by atoms with van der Waals surface area (Å²) in [5.74, 6) is 0.0739. The summed E-state index contributed by atoms with van der Waals surface area (Å²) in [4.78, 5) is 13.4. The molecule has 1 aromatic carbocycles. The molecule has 0 bridgehead atoms. The minimum Gasteiger partial charge on any atom is -0.394 e. The number of morpholine rings is 1. The maximum atomic E-state index is 11.2. The number of carbonyl (C=O) groups is 1. The summed E-state index contributed by atoms with van der Waals surface area (Å²) >= 11 is 0. The molecular formula is C14H19NO3. The Balaban J connectivity index is 2.16. The van der Waals surface area contributed by atoms with Crippen LogP contribution in [-0.2, 0) is 4.74 Å². The number of hydrogen-bond donors (Lipinski definition) is 1. The molecule has 1 fully saturated rings. The number of ether oxygens (including phenoxy) is 1. The van der Waals surface area contributed by atoms with Gasteiger partial charge in [0.1, 0.15) is 0 Å². The SMILES string of the molecule is CC(=O)c1ccc(N2CC(CO)OCC2C)cc1. The van der Waals surface area contributed by atoms with Crippen LogP contribution in [0.5, 0.6) is 0 Å². The summed E-state index contributed by atoms with van der Waals surface area (Å²) in [5, 5.41) is 9.16. The minimum atomic E-state index is -0.131. The summed E-state index contributed by atoms with van der Waals surface area (Å²) < 4.78 is 5.51. The molecule has 4 nitrogen and oxygen atoms in total. The number of rotatable bonds is 3. The van der Waals surface area contributed by atoms with E-state index in [-0.39, 0.29) is 24.5 Å². The third-order valence-corrected chi connectivity index (χ3v) is 3.31. The van der Waals surface area contributed by atoms with Crippen molar-refractivity contribution in [1.29, 1.82) is 0 Å². The van der Waals surface area contributed by atoms with Crippen molar-refractivity contribution >= 4 is 11.5 Å². The van der Waals surface area contributed by atoms with Crippen molar-refractivity contribution in [2.45, 2.75) is 26.0 Å². The number of ketones is 1. The topological polar surface area (TPSA) is 49.8 Å². The molecule has 18 heavy (non-hydrogen) atoms. The van der Waals surface area contributed by atoms with Crippen LogP contribution in [0, 0.1) is 0 Å². The maximum Gasteiger partial charge on any atom is 0.159 e. The molecular weight excluding hydrogens is 230 g/mol. The number of benzene rings is 1. The summed E-state index contributed by atoms with van der Waals surface area (Å²) in [6.45, 7) is 4.98. The molecule has 2 rings (SSSR count). The lowest BCUT2D eigenvalue weighted by Crippen LogP contribution is -2.49. The number of aliphatic hydroxyl groups excluding tert-OH is 1. The van der Waals surface area contributed by atoms with Crippen LogP contribution in [0.1, 0.15) is 24.2 Å². The van der Waals surface area contributed by atoms with Crippen LogP contribution < -0.4 is 4.90 Å². The summed E-state index contributed by atoms with van der Waals surface area (Å²) in [7, 11) is 0. The number of hydrogen-bond acceptors (Lipinski definition) is 4. The Morgan fingerprint density at radius 1 is 1.44 bits per heavy atom. The first kappa shape index (κ1) is 13.1. The Hall–Kier alpha value is -1.39. The fraction of sp³-hybridized carbons (Fsp3) is 0.500. The molecule has 1 aliphatic rings. The van der Waals surface area contributed by atoms with Gasteiger partial charge in [0.15, 0.2) is 5.78 Å². The smallest absolute Gasteiger partial charge is 0.159 e. The van der Waals surface area contributed by atoms with Crippen LogP contribution in [0.25, 0.3) is 0 Å². The molecule has 98 valence electrons. The number of aliphatic hydroxyl groups is 1. The van der Waals surface area contributed by atoms with Gasteiger partial charge in [0, 0.05) is 23.8 Å². The Labute approximate surface area is 107 Å². The van der Waals surface area contributed by atoms with Gasteiger partial charge in [-0.2, -0.15) is 0 Å². The molecule has 0 spiro atoms. The number of carbonyl (C=O) groups excluding carboxylic acids is 1. The molecule has 4 heteroatoms. The first-order chi connectivity index (χ1) is 8.61. The second kappa shape index (κ2) is 5.50. The second-order valence-corrected chi connectivity index (χ2v) is 4.74. The first-order valence-corrected chi connectivity index (χ1v) is 6.22. The molecule has 0 aromatic heterocycles. The van der Waals surface area contributed by atoms with Crippen molar-refractivity contribution in [3.8, 4) is 0 Å². The van der Waals surface area contributed by atoms with E-state index in [1.807, 2.05) is 24.3 Å². The van der Waals surface area contributed by atoms with Crippen molar-refractivity contribution < 1.29 is 14.6 Å². The van der Waals surface area contributed by atoms with Gasteiger partial charge < -0.3 is 14.7 Å². The predicted molar refractivity (Wildman–Crippen MR) is 70.1 cm³/mol. The van der Waals surface area contributed by atoms with Crippen LogP contribution in [-0.4, -0.2) is 42.8 Å². The third-order valence-electron chi connectivity index (χ3n) is 3.31. The van der Waals surface area contributed by atoms with Crippen LogP contribution in [0.4, 0.5) is 5.69 Å². The third kappa shape index (κ3) is 2.71. The highest BCUT2D eigenvalue weighted by molar-refractivity contribution is 5.94. The summed E-state index contributed by atoms with van der Waals surface area (Å²) in [5.41, 5.74) is 1.78. The average molecular weight is 249 g/mol. The monoisotopic (exact) mass is 249 g/mol. The zero-order valence-corrected chi connectivity index (χ0v) is 10.8. The van der Waals surface area contributed by atoms with E-state index in [9.17, 15) is 4.79 Å². The van der Waals surface area contributed by atoms with Gasteiger partial charge in [-0.25, -0.2) is 0 Å². The quantitative estimate of drug-likeness (QED) is 0.824. The minimum absolute atomic E-state index is 0.0365. The van der Waals surface area contributed by atoms with Gasteiger partial charge in [-0.05, 0) is 38.1 Å². The number of Topliss-reactive ketones (excluding diaryl/α,β-unsaturated/α-hetero) is 1. The molecule has 0 amide bonds. The van der Waals surface area contributed by atoms with Crippen molar-refractivity contribution in [1.82, 2.24) is 0 Å². The van der Waals surface area contributed by atoms with Gasteiger partial charge in [0.2, 0.25) is 0 Å².